The Balaban J connectivity index is 2.40. The molecule has 4 heteroatoms. The fourth-order valence-corrected chi connectivity index (χ4v) is 3.07. The lowest BCUT2D eigenvalue weighted by Crippen LogP contribution is -2.19. The number of ether oxygens (including phenoxy) is 1. The number of benzene rings is 1. The van der Waals surface area contributed by atoms with Crippen molar-refractivity contribution >= 4 is 5.97 Å². The van der Waals surface area contributed by atoms with E-state index >= 15 is 0 Å². The molecule has 1 unspecified atom stereocenters. The van der Waals surface area contributed by atoms with Crippen molar-refractivity contribution < 1.29 is 18.3 Å². The van der Waals surface area contributed by atoms with Gasteiger partial charge < -0.3 is 4.74 Å². The van der Waals surface area contributed by atoms with Gasteiger partial charge >= 0.3 is 5.97 Å². The highest BCUT2D eigenvalue weighted by molar-refractivity contribution is 5.89. The molecule has 0 heterocycles. The monoisotopic (exact) mass is 368 g/mol. The normalized spacial score (nSPS) is 12.2. The summed E-state index contributed by atoms with van der Waals surface area (Å²) in [7, 11) is 0. The van der Waals surface area contributed by atoms with Crippen molar-refractivity contribution in [3.63, 3.8) is 0 Å². The maximum atomic E-state index is 13.7. The fourth-order valence-electron chi connectivity index (χ4n) is 3.07. The molecule has 0 saturated carbocycles. The number of unbranched alkanes of at least 4 members (excludes halogenated alkanes) is 8. The molecule has 1 aromatic carbocycles. The van der Waals surface area contributed by atoms with Crippen LogP contribution in [0.15, 0.2) is 18.2 Å². The highest BCUT2D eigenvalue weighted by Crippen LogP contribution is 2.18. The van der Waals surface area contributed by atoms with Crippen molar-refractivity contribution in [2.24, 2.45) is 0 Å². The molecule has 26 heavy (non-hydrogen) atoms. The summed E-state index contributed by atoms with van der Waals surface area (Å²) in [4.78, 5) is 12.2. The number of halogens is 2. The van der Waals surface area contributed by atoms with Crippen LogP contribution in [0.1, 0.15) is 101 Å². The second-order valence-electron chi connectivity index (χ2n) is 7.06. The van der Waals surface area contributed by atoms with Crippen LogP contribution in [-0.4, -0.2) is 12.1 Å². The van der Waals surface area contributed by atoms with E-state index in [1.54, 1.807) is 0 Å². The van der Waals surface area contributed by atoms with Gasteiger partial charge in [0.05, 0.1) is 5.56 Å². The van der Waals surface area contributed by atoms with Crippen LogP contribution in [0.4, 0.5) is 8.78 Å². The predicted molar refractivity (Wildman–Crippen MR) is 102 cm³/mol. The van der Waals surface area contributed by atoms with Crippen LogP contribution in [0, 0.1) is 11.6 Å². The molecule has 0 saturated heterocycles. The van der Waals surface area contributed by atoms with Crippen LogP contribution in [0.5, 0.6) is 0 Å². The fraction of sp³-hybridized carbons (Fsp3) is 0.682. The lowest BCUT2D eigenvalue weighted by Gasteiger charge is -2.18. The number of carbonyl (C=O) groups excluding carboxylic acids is 1. The Morgan fingerprint density at radius 3 is 2.12 bits per heavy atom. The molecule has 0 aliphatic carbocycles. The van der Waals surface area contributed by atoms with Gasteiger partial charge in [-0.25, -0.2) is 13.6 Å². The molecule has 0 aromatic heterocycles. The van der Waals surface area contributed by atoms with Crippen LogP contribution in [0.3, 0.4) is 0 Å². The molecule has 0 N–H and O–H groups in total. The Bertz CT molecular complexity index is 517. The van der Waals surface area contributed by atoms with Crippen molar-refractivity contribution in [1.29, 1.82) is 0 Å². The molecule has 0 aliphatic heterocycles. The van der Waals surface area contributed by atoms with Crippen molar-refractivity contribution in [2.75, 3.05) is 0 Å². The lowest BCUT2D eigenvalue weighted by atomic mass is 10.0. The van der Waals surface area contributed by atoms with Crippen LogP contribution in [0.2, 0.25) is 0 Å². The molecule has 0 fully saturated rings. The topological polar surface area (TPSA) is 26.3 Å². The van der Waals surface area contributed by atoms with Crippen LogP contribution in [0.25, 0.3) is 0 Å². The standard InChI is InChI=1S/C22H34F2O2/c1-3-5-7-8-9-10-11-12-14-19(13-6-4-2)26-22(25)20-17-18(23)15-16-21(20)24/h15-17,19H,3-14H2,1-2H3. The lowest BCUT2D eigenvalue weighted by molar-refractivity contribution is 0.0244. The quantitative estimate of drug-likeness (QED) is 0.256. The molecular formula is C22H34F2O2. The Kier molecular flexibility index (Phi) is 11.9. The molecule has 1 rings (SSSR count). The first-order valence-electron chi connectivity index (χ1n) is 10.2. The largest absolute Gasteiger partial charge is 0.459 e. The predicted octanol–water partition coefficient (Wildman–Crippen LogP) is 7.21. The summed E-state index contributed by atoms with van der Waals surface area (Å²) in [5.41, 5.74) is -0.317. The van der Waals surface area contributed by atoms with Gasteiger partial charge in [-0.15, -0.1) is 0 Å². The van der Waals surface area contributed by atoms with E-state index in [1.165, 1.54) is 38.5 Å². The number of hydrogen-bond donors (Lipinski definition) is 0. The minimum absolute atomic E-state index is 0.217. The maximum Gasteiger partial charge on any atom is 0.341 e. The van der Waals surface area contributed by atoms with Gasteiger partial charge in [0.15, 0.2) is 0 Å². The Morgan fingerprint density at radius 2 is 1.46 bits per heavy atom. The van der Waals surface area contributed by atoms with Gasteiger partial charge in [-0.3, -0.25) is 0 Å². The Labute approximate surface area is 157 Å². The third-order valence-electron chi connectivity index (χ3n) is 4.68. The van der Waals surface area contributed by atoms with Gasteiger partial charge in [0.2, 0.25) is 0 Å². The van der Waals surface area contributed by atoms with Crippen molar-refractivity contribution in [3.05, 3.63) is 35.4 Å². The summed E-state index contributed by atoms with van der Waals surface area (Å²) in [5, 5.41) is 0. The molecule has 0 bridgehead atoms. The third-order valence-corrected chi connectivity index (χ3v) is 4.68. The molecule has 0 radical (unpaired) electrons. The first kappa shape index (κ1) is 22.6. The van der Waals surface area contributed by atoms with Gasteiger partial charge in [0.25, 0.3) is 0 Å². The first-order valence-corrected chi connectivity index (χ1v) is 10.2. The van der Waals surface area contributed by atoms with Gasteiger partial charge in [-0.1, -0.05) is 71.6 Å². The van der Waals surface area contributed by atoms with Crippen molar-refractivity contribution in [2.45, 2.75) is 97.0 Å². The average molecular weight is 369 g/mol. The summed E-state index contributed by atoms with van der Waals surface area (Å²) < 4.78 is 32.5. The van der Waals surface area contributed by atoms with Crippen LogP contribution < -0.4 is 0 Å². The highest BCUT2D eigenvalue weighted by atomic mass is 19.1. The Hall–Kier alpha value is -1.45. The van der Waals surface area contributed by atoms with Gasteiger partial charge in [0, 0.05) is 0 Å². The minimum atomic E-state index is -0.761. The van der Waals surface area contributed by atoms with Gasteiger partial charge in [-0.05, 0) is 37.5 Å². The average Bonchev–Trinajstić information content (AvgIpc) is 2.63. The molecule has 0 amide bonds. The summed E-state index contributed by atoms with van der Waals surface area (Å²) in [6.45, 7) is 4.30. The molecular weight excluding hydrogens is 334 g/mol. The zero-order valence-electron chi connectivity index (χ0n) is 16.4. The number of rotatable bonds is 14. The van der Waals surface area contributed by atoms with E-state index in [4.69, 9.17) is 4.74 Å². The van der Waals surface area contributed by atoms with E-state index in [1.807, 2.05) is 0 Å². The molecule has 2 nitrogen and oxygen atoms in total. The van der Waals surface area contributed by atoms with Crippen LogP contribution in [-0.2, 0) is 4.74 Å². The van der Waals surface area contributed by atoms with E-state index in [0.29, 0.717) is 0 Å². The van der Waals surface area contributed by atoms with E-state index in [0.717, 1.165) is 56.7 Å². The summed E-state index contributed by atoms with van der Waals surface area (Å²) in [5.74, 6) is -2.13. The third kappa shape index (κ3) is 9.30. The van der Waals surface area contributed by atoms with Gasteiger partial charge in [0.1, 0.15) is 17.7 Å². The second-order valence-corrected chi connectivity index (χ2v) is 7.06. The maximum absolute atomic E-state index is 13.7. The molecule has 148 valence electrons. The smallest absolute Gasteiger partial charge is 0.341 e. The van der Waals surface area contributed by atoms with E-state index in [9.17, 15) is 13.6 Å². The summed E-state index contributed by atoms with van der Waals surface area (Å²) in [6.07, 6.45) is 13.1. The van der Waals surface area contributed by atoms with Gasteiger partial charge in [-0.2, -0.15) is 0 Å². The van der Waals surface area contributed by atoms with E-state index in [2.05, 4.69) is 13.8 Å². The van der Waals surface area contributed by atoms with E-state index < -0.39 is 17.6 Å². The molecule has 1 aromatic rings. The first-order chi connectivity index (χ1) is 12.6. The molecule has 0 spiro atoms. The summed E-state index contributed by atoms with van der Waals surface area (Å²) >= 11 is 0. The zero-order valence-corrected chi connectivity index (χ0v) is 16.4. The van der Waals surface area contributed by atoms with Crippen molar-refractivity contribution in [1.82, 2.24) is 0 Å². The Morgan fingerprint density at radius 1 is 0.885 bits per heavy atom. The number of esters is 1. The SMILES string of the molecule is CCCCCCCCCCC(CCCC)OC(=O)c1cc(F)ccc1F. The van der Waals surface area contributed by atoms with E-state index in [-0.39, 0.29) is 11.7 Å². The van der Waals surface area contributed by atoms with Crippen molar-refractivity contribution in [3.8, 4) is 0 Å². The molecule has 0 aliphatic rings. The zero-order chi connectivity index (χ0) is 19.2. The second kappa shape index (κ2) is 13.7. The summed E-state index contributed by atoms with van der Waals surface area (Å²) in [6, 6.07) is 2.87. The van der Waals surface area contributed by atoms with Crippen LogP contribution >= 0.6 is 0 Å². The molecule has 1 atom stereocenters. The highest BCUT2D eigenvalue weighted by Gasteiger charge is 2.19. The minimum Gasteiger partial charge on any atom is -0.459 e. The number of carbonyl (C=O) groups is 1. The number of hydrogen-bond acceptors (Lipinski definition) is 2.